The van der Waals surface area contributed by atoms with Crippen molar-refractivity contribution in [3.63, 3.8) is 0 Å². The van der Waals surface area contributed by atoms with Crippen molar-refractivity contribution in [2.75, 3.05) is 11.9 Å². The quantitative estimate of drug-likeness (QED) is 0.668. The van der Waals surface area contributed by atoms with Crippen LogP contribution in [0.2, 0.25) is 0 Å². The molecule has 1 aliphatic rings. The SMILES string of the molecule is Cc1ccc(-c2noc(C3CCCCN3C(=O)Nc3ccc(F)cc3F)n2)cc1. The largest absolute Gasteiger partial charge is 0.337 e. The average Bonchev–Trinajstić information content (AvgIpc) is 3.20. The fourth-order valence-electron chi connectivity index (χ4n) is 3.40. The summed E-state index contributed by atoms with van der Waals surface area (Å²) in [6.45, 7) is 2.47. The molecule has 0 saturated carbocycles. The molecule has 2 aromatic carbocycles. The van der Waals surface area contributed by atoms with Crippen molar-refractivity contribution >= 4 is 11.7 Å². The second-order valence-corrected chi connectivity index (χ2v) is 7.08. The topological polar surface area (TPSA) is 71.3 Å². The van der Waals surface area contributed by atoms with E-state index in [9.17, 15) is 13.6 Å². The first-order chi connectivity index (χ1) is 14.0. The van der Waals surface area contributed by atoms with Gasteiger partial charge in [0.15, 0.2) is 0 Å². The van der Waals surface area contributed by atoms with Crippen LogP contribution in [0.5, 0.6) is 0 Å². The monoisotopic (exact) mass is 398 g/mol. The molecule has 0 bridgehead atoms. The summed E-state index contributed by atoms with van der Waals surface area (Å²) in [6, 6.07) is 9.87. The fraction of sp³-hybridized carbons (Fsp3) is 0.286. The minimum Gasteiger partial charge on any atom is -0.337 e. The van der Waals surface area contributed by atoms with Gasteiger partial charge in [-0.1, -0.05) is 35.0 Å². The summed E-state index contributed by atoms with van der Waals surface area (Å²) in [5.74, 6) is -0.734. The molecule has 1 fully saturated rings. The number of aryl methyl sites for hydroxylation is 1. The lowest BCUT2D eigenvalue weighted by molar-refractivity contribution is 0.142. The Bertz CT molecular complexity index is 1020. The second-order valence-electron chi connectivity index (χ2n) is 7.08. The zero-order valence-electron chi connectivity index (χ0n) is 15.9. The van der Waals surface area contributed by atoms with Crippen LogP contribution >= 0.6 is 0 Å². The molecule has 150 valence electrons. The number of benzene rings is 2. The molecule has 2 amide bonds. The highest BCUT2D eigenvalue weighted by molar-refractivity contribution is 5.89. The van der Waals surface area contributed by atoms with Crippen molar-refractivity contribution in [2.24, 2.45) is 0 Å². The van der Waals surface area contributed by atoms with Gasteiger partial charge in [0.2, 0.25) is 11.7 Å². The molecule has 2 heterocycles. The Hall–Kier alpha value is -3.29. The van der Waals surface area contributed by atoms with Crippen LogP contribution in [0.4, 0.5) is 19.3 Å². The molecule has 0 aliphatic carbocycles. The van der Waals surface area contributed by atoms with Gasteiger partial charge in [0, 0.05) is 18.2 Å². The van der Waals surface area contributed by atoms with Gasteiger partial charge in [-0.2, -0.15) is 4.98 Å². The van der Waals surface area contributed by atoms with E-state index in [1.807, 2.05) is 31.2 Å². The van der Waals surface area contributed by atoms with E-state index in [2.05, 4.69) is 15.5 Å². The molecule has 29 heavy (non-hydrogen) atoms. The summed E-state index contributed by atoms with van der Waals surface area (Å²) in [5, 5.41) is 6.55. The minimum atomic E-state index is -0.827. The van der Waals surface area contributed by atoms with Gasteiger partial charge >= 0.3 is 6.03 Å². The molecule has 1 aromatic heterocycles. The molecule has 8 heteroatoms. The average molecular weight is 398 g/mol. The highest BCUT2D eigenvalue weighted by Gasteiger charge is 2.32. The van der Waals surface area contributed by atoms with E-state index in [1.54, 1.807) is 4.90 Å². The summed E-state index contributed by atoms with van der Waals surface area (Å²) in [5.41, 5.74) is 1.87. The third-order valence-corrected chi connectivity index (χ3v) is 4.97. The summed E-state index contributed by atoms with van der Waals surface area (Å²) in [4.78, 5) is 18.8. The molecule has 0 spiro atoms. The molecule has 1 N–H and O–H groups in total. The number of aromatic nitrogens is 2. The van der Waals surface area contributed by atoms with Crippen molar-refractivity contribution in [1.82, 2.24) is 15.0 Å². The van der Waals surface area contributed by atoms with Gasteiger partial charge in [0.25, 0.3) is 0 Å². The van der Waals surface area contributed by atoms with Crippen LogP contribution < -0.4 is 5.32 Å². The maximum atomic E-state index is 13.9. The van der Waals surface area contributed by atoms with Gasteiger partial charge in [-0.05, 0) is 38.3 Å². The number of urea groups is 1. The van der Waals surface area contributed by atoms with Gasteiger partial charge in [0.1, 0.15) is 17.7 Å². The molecule has 1 atom stereocenters. The van der Waals surface area contributed by atoms with Gasteiger partial charge in [-0.15, -0.1) is 0 Å². The highest BCUT2D eigenvalue weighted by Crippen LogP contribution is 2.32. The van der Waals surface area contributed by atoms with Crippen LogP contribution in [0.1, 0.15) is 36.8 Å². The maximum Gasteiger partial charge on any atom is 0.322 e. The Balaban J connectivity index is 1.54. The van der Waals surface area contributed by atoms with Crippen molar-refractivity contribution in [1.29, 1.82) is 0 Å². The number of likely N-dealkylation sites (tertiary alicyclic amines) is 1. The maximum absolute atomic E-state index is 13.9. The smallest absolute Gasteiger partial charge is 0.322 e. The third kappa shape index (κ3) is 4.11. The number of amides is 2. The summed E-state index contributed by atoms with van der Waals surface area (Å²) in [6.07, 6.45) is 2.38. The Morgan fingerprint density at radius 3 is 2.72 bits per heavy atom. The van der Waals surface area contributed by atoms with E-state index in [0.717, 1.165) is 36.1 Å². The van der Waals surface area contributed by atoms with Crippen LogP contribution in [0.25, 0.3) is 11.4 Å². The molecule has 4 rings (SSSR count). The number of piperidine rings is 1. The number of halogens is 2. The number of anilines is 1. The minimum absolute atomic E-state index is 0.0772. The van der Waals surface area contributed by atoms with Gasteiger partial charge in [-0.3, -0.25) is 0 Å². The molecule has 1 saturated heterocycles. The van der Waals surface area contributed by atoms with E-state index in [4.69, 9.17) is 4.52 Å². The van der Waals surface area contributed by atoms with Crippen LogP contribution in [0.15, 0.2) is 47.0 Å². The zero-order chi connectivity index (χ0) is 20.4. The van der Waals surface area contributed by atoms with E-state index in [1.165, 1.54) is 6.07 Å². The number of rotatable bonds is 3. The van der Waals surface area contributed by atoms with Crippen molar-refractivity contribution < 1.29 is 18.1 Å². The number of carbonyl (C=O) groups is 1. The summed E-state index contributed by atoms with van der Waals surface area (Å²) >= 11 is 0. The Kier molecular flexibility index (Phi) is 5.24. The first-order valence-electron chi connectivity index (χ1n) is 9.44. The Morgan fingerprint density at radius 1 is 1.17 bits per heavy atom. The fourth-order valence-corrected chi connectivity index (χ4v) is 3.40. The van der Waals surface area contributed by atoms with Crippen molar-refractivity contribution in [3.05, 3.63) is 65.6 Å². The van der Waals surface area contributed by atoms with E-state index in [-0.39, 0.29) is 5.69 Å². The summed E-state index contributed by atoms with van der Waals surface area (Å²) in [7, 11) is 0. The highest BCUT2D eigenvalue weighted by atomic mass is 19.1. The number of carbonyl (C=O) groups excluding carboxylic acids is 1. The molecule has 1 unspecified atom stereocenters. The third-order valence-electron chi connectivity index (χ3n) is 4.97. The van der Waals surface area contributed by atoms with E-state index in [0.29, 0.717) is 24.7 Å². The number of hydrogen-bond donors (Lipinski definition) is 1. The molecular formula is C21H20F2N4O2. The number of nitrogens with zero attached hydrogens (tertiary/aromatic N) is 3. The van der Waals surface area contributed by atoms with E-state index >= 15 is 0 Å². The van der Waals surface area contributed by atoms with Gasteiger partial charge in [0.05, 0.1) is 5.69 Å². The van der Waals surface area contributed by atoms with Crippen LogP contribution in [0.3, 0.4) is 0 Å². The lowest BCUT2D eigenvalue weighted by Crippen LogP contribution is -2.41. The lowest BCUT2D eigenvalue weighted by atomic mass is 10.0. The predicted molar refractivity (Wildman–Crippen MR) is 103 cm³/mol. The standard InChI is InChI=1S/C21H20F2N4O2/c1-13-5-7-14(8-6-13)19-25-20(29-26-19)18-4-2-3-11-27(18)21(28)24-17-10-9-15(22)12-16(17)23/h5-10,12,18H,2-4,11H2,1H3,(H,24,28). The second kappa shape index (κ2) is 7.98. The molecule has 1 aliphatic heterocycles. The van der Waals surface area contributed by atoms with Crippen LogP contribution in [-0.2, 0) is 0 Å². The number of hydrogen-bond acceptors (Lipinski definition) is 4. The number of nitrogens with one attached hydrogen (secondary N) is 1. The van der Waals surface area contributed by atoms with Crippen LogP contribution in [-0.4, -0.2) is 27.6 Å². The van der Waals surface area contributed by atoms with Crippen molar-refractivity contribution in [3.8, 4) is 11.4 Å². The molecule has 3 aromatic rings. The van der Waals surface area contributed by atoms with Crippen LogP contribution in [0, 0.1) is 18.6 Å². The first-order valence-corrected chi connectivity index (χ1v) is 9.44. The van der Waals surface area contributed by atoms with Gasteiger partial charge < -0.3 is 14.7 Å². The van der Waals surface area contributed by atoms with E-state index < -0.39 is 23.7 Å². The lowest BCUT2D eigenvalue weighted by Gasteiger charge is -2.33. The zero-order valence-corrected chi connectivity index (χ0v) is 15.9. The Morgan fingerprint density at radius 2 is 1.97 bits per heavy atom. The molecule has 0 radical (unpaired) electrons. The first kappa shape index (κ1) is 19.0. The molecular weight excluding hydrogens is 378 g/mol. The predicted octanol–water partition coefficient (Wildman–Crippen LogP) is 5.08. The van der Waals surface area contributed by atoms with Gasteiger partial charge in [-0.25, -0.2) is 13.6 Å². The molecule has 6 nitrogen and oxygen atoms in total. The Labute approximate surface area is 166 Å². The normalized spacial score (nSPS) is 16.7. The summed E-state index contributed by atoms with van der Waals surface area (Å²) < 4.78 is 32.5. The van der Waals surface area contributed by atoms with Crippen molar-refractivity contribution in [2.45, 2.75) is 32.2 Å².